The summed E-state index contributed by atoms with van der Waals surface area (Å²) < 4.78 is 0. The summed E-state index contributed by atoms with van der Waals surface area (Å²) in [5.74, 6) is 0.358. The van der Waals surface area contributed by atoms with Crippen LogP contribution in [0.25, 0.3) is 0 Å². The average Bonchev–Trinajstić information content (AvgIpc) is 2.77. The van der Waals surface area contributed by atoms with E-state index in [1.807, 2.05) is 24.3 Å². The fourth-order valence-corrected chi connectivity index (χ4v) is 2.04. The van der Waals surface area contributed by atoms with Crippen LogP contribution in [0.1, 0.15) is 12.0 Å². The van der Waals surface area contributed by atoms with Crippen molar-refractivity contribution in [3.8, 4) is 6.07 Å². The first-order chi connectivity index (χ1) is 7.35. The van der Waals surface area contributed by atoms with Gasteiger partial charge in [0.25, 0.3) is 0 Å². The molecule has 1 heterocycles. The minimum atomic E-state index is 0.241. The van der Waals surface area contributed by atoms with Crippen molar-refractivity contribution in [1.82, 2.24) is 0 Å². The fraction of sp³-hybridized carbons (Fsp3) is 0.417. The Kier molecular flexibility index (Phi) is 2.89. The summed E-state index contributed by atoms with van der Waals surface area (Å²) in [6.45, 7) is 2.03. The Morgan fingerprint density at radius 3 is 2.93 bits per heavy atom. The molecule has 3 nitrogen and oxygen atoms in total. The van der Waals surface area contributed by atoms with Gasteiger partial charge in [-0.15, -0.1) is 0 Å². The third-order valence-corrected chi connectivity index (χ3v) is 2.91. The van der Waals surface area contributed by atoms with E-state index in [1.54, 1.807) is 0 Å². The van der Waals surface area contributed by atoms with Gasteiger partial charge < -0.3 is 10.0 Å². The summed E-state index contributed by atoms with van der Waals surface area (Å²) >= 11 is 0. The lowest BCUT2D eigenvalue weighted by molar-refractivity contribution is 0.238. The Labute approximate surface area is 89.6 Å². The van der Waals surface area contributed by atoms with E-state index < -0.39 is 0 Å². The molecule has 1 fully saturated rings. The second kappa shape index (κ2) is 4.33. The van der Waals surface area contributed by atoms with Gasteiger partial charge in [-0.05, 0) is 18.6 Å². The zero-order valence-electron chi connectivity index (χ0n) is 8.56. The lowest BCUT2D eigenvalue weighted by Crippen LogP contribution is -2.21. The topological polar surface area (TPSA) is 47.3 Å². The van der Waals surface area contributed by atoms with Crippen molar-refractivity contribution < 1.29 is 5.11 Å². The SMILES string of the molecule is N#Cc1ccccc1N1CCC(CO)C1. The predicted molar refractivity (Wildman–Crippen MR) is 58.6 cm³/mol. The van der Waals surface area contributed by atoms with E-state index >= 15 is 0 Å². The van der Waals surface area contributed by atoms with E-state index in [2.05, 4.69) is 11.0 Å². The zero-order valence-corrected chi connectivity index (χ0v) is 8.56. The van der Waals surface area contributed by atoms with Gasteiger partial charge in [0.05, 0.1) is 11.3 Å². The molecule has 0 aromatic heterocycles. The number of para-hydroxylation sites is 1. The molecule has 0 amide bonds. The van der Waals surface area contributed by atoms with Crippen LogP contribution in [0.2, 0.25) is 0 Å². The first kappa shape index (κ1) is 10.0. The van der Waals surface area contributed by atoms with Gasteiger partial charge >= 0.3 is 0 Å². The van der Waals surface area contributed by atoms with Gasteiger partial charge in [-0.25, -0.2) is 0 Å². The molecule has 78 valence electrons. The molecule has 1 N–H and O–H groups in total. The second-order valence-corrected chi connectivity index (χ2v) is 3.91. The third-order valence-electron chi connectivity index (χ3n) is 2.91. The quantitative estimate of drug-likeness (QED) is 0.788. The highest BCUT2D eigenvalue weighted by Crippen LogP contribution is 2.26. The minimum absolute atomic E-state index is 0.241. The van der Waals surface area contributed by atoms with Crippen molar-refractivity contribution in [2.75, 3.05) is 24.6 Å². The Balaban J connectivity index is 2.20. The number of aliphatic hydroxyl groups is 1. The number of nitriles is 1. The Morgan fingerprint density at radius 2 is 2.27 bits per heavy atom. The molecule has 1 atom stereocenters. The van der Waals surface area contributed by atoms with Crippen molar-refractivity contribution in [2.24, 2.45) is 5.92 Å². The highest BCUT2D eigenvalue weighted by atomic mass is 16.3. The first-order valence-corrected chi connectivity index (χ1v) is 5.20. The van der Waals surface area contributed by atoms with E-state index in [-0.39, 0.29) is 6.61 Å². The van der Waals surface area contributed by atoms with Gasteiger partial charge in [0, 0.05) is 25.6 Å². The normalized spacial score (nSPS) is 20.3. The largest absolute Gasteiger partial charge is 0.396 e. The summed E-state index contributed by atoms with van der Waals surface area (Å²) in [5, 5.41) is 18.0. The van der Waals surface area contributed by atoms with Crippen LogP contribution in [-0.2, 0) is 0 Å². The van der Waals surface area contributed by atoms with E-state index in [9.17, 15) is 0 Å². The molecule has 15 heavy (non-hydrogen) atoms. The average molecular weight is 202 g/mol. The van der Waals surface area contributed by atoms with Crippen LogP contribution in [0.15, 0.2) is 24.3 Å². The number of hydrogen-bond acceptors (Lipinski definition) is 3. The molecule has 3 heteroatoms. The fourth-order valence-electron chi connectivity index (χ4n) is 2.04. The second-order valence-electron chi connectivity index (χ2n) is 3.91. The maximum atomic E-state index is 9.07. The molecule has 1 saturated heterocycles. The summed E-state index contributed by atoms with van der Waals surface area (Å²) in [5.41, 5.74) is 1.71. The predicted octanol–water partition coefficient (Wildman–Crippen LogP) is 1.38. The highest BCUT2D eigenvalue weighted by Gasteiger charge is 2.23. The molecular weight excluding hydrogens is 188 g/mol. The number of rotatable bonds is 2. The molecule has 0 bridgehead atoms. The minimum Gasteiger partial charge on any atom is -0.396 e. The van der Waals surface area contributed by atoms with Gasteiger partial charge in [0.1, 0.15) is 6.07 Å². The van der Waals surface area contributed by atoms with E-state index in [0.717, 1.165) is 30.8 Å². The number of hydrogen-bond donors (Lipinski definition) is 1. The molecule has 0 radical (unpaired) electrons. The summed E-state index contributed by atoms with van der Waals surface area (Å²) in [7, 11) is 0. The van der Waals surface area contributed by atoms with Gasteiger partial charge in [0.15, 0.2) is 0 Å². The van der Waals surface area contributed by atoms with Crippen molar-refractivity contribution in [2.45, 2.75) is 6.42 Å². The van der Waals surface area contributed by atoms with Crippen LogP contribution in [0.3, 0.4) is 0 Å². The molecule has 1 aromatic carbocycles. The number of anilines is 1. The first-order valence-electron chi connectivity index (χ1n) is 5.20. The van der Waals surface area contributed by atoms with E-state index in [1.165, 1.54) is 0 Å². The molecule has 0 spiro atoms. The summed E-state index contributed by atoms with van der Waals surface area (Å²) in [6.07, 6.45) is 1.01. The maximum Gasteiger partial charge on any atom is 0.101 e. The van der Waals surface area contributed by atoms with Crippen LogP contribution < -0.4 is 4.90 Å². The lowest BCUT2D eigenvalue weighted by atomic mass is 10.1. The van der Waals surface area contributed by atoms with Crippen molar-refractivity contribution in [3.63, 3.8) is 0 Å². The molecule has 0 aliphatic carbocycles. The molecule has 1 unspecified atom stereocenters. The van der Waals surface area contributed by atoms with Crippen LogP contribution in [0.5, 0.6) is 0 Å². The van der Waals surface area contributed by atoms with Crippen molar-refractivity contribution in [3.05, 3.63) is 29.8 Å². The van der Waals surface area contributed by atoms with Crippen LogP contribution in [0.4, 0.5) is 5.69 Å². The summed E-state index contributed by atoms with van der Waals surface area (Å²) in [6, 6.07) is 9.83. The molecule has 2 rings (SSSR count). The highest BCUT2D eigenvalue weighted by molar-refractivity contribution is 5.59. The Bertz CT molecular complexity index is 383. The van der Waals surface area contributed by atoms with Crippen LogP contribution >= 0.6 is 0 Å². The standard InChI is InChI=1S/C12H14N2O/c13-7-11-3-1-2-4-12(11)14-6-5-10(8-14)9-15/h1-4,10,15H,5-6,8-9H2. The summed E-state index contributed by atoms with van der Waals surface area (Å²) in [4.78, 5) is 2.18. The van der Waals surface area contributed by atoms with Gasteiger partial charge in [-0.3, -0.25) is 0 Å². The monoisotopic (exact) mass is 202 g/mol. The van der Waals surface area contributed by atoms with Gasteiger partial charge in [0.2, 0.25) is 0 Å². The molecular formula is C12H14N2O. The number of nitrogens with zero attached hydrogens (tertiary/aromatic N) is 2. The van der Waals surface area contributed by atoms with Crippen LogP contribution in [0, 0.1) is 17.2 Å². The van der Waals surface area contributed by atoms with E-state index in [4.69, 9.17) is 10.4 Å². The number of benzene rings is 1. The Morgan fingerprint density at radius 1 is 1.47 bits per heavy atom. The van der Waals surface area contributed by atoms with Gasteiger partial charge in [-0.2, -0.15) is 5.26 Å². The smallest absolute Gasteiger partial charge is 0.101 e. The van der Waals surface area contributed by atoms with Crippen LogP contribution in [-0.4, -0.2) is 24.8 Å². The van der Waals surface area contributed by atoms with Crippen molar-refractivity contribution >= 4 is 5.69 Å². The van der Waals surface area contributed by atoms with Crippen molar-refractivity contribution in [1.29, 1.82) is 5.26 Å². The molecule has 1 aliphatic heterocycles. The number of aliphatic hydroxyl groups excluding tert-OH is 1. The lowest BCUT2D eigenvalue weighted by Gasteiger charge is -2.19. The maximum absolute atomic E-state index is 9.07. The van der Waals surface area contributed by atoms with Gasteiger partial charge in [-0.1, -0.05) is 12.1 Å². The molecule has 1 aromatic rings. The molecule has 1 aliphatic rings. The Hall–Kier alpha value is -1.53. The van der Waals surface area contributed by atoms with E-state index in [0.29, 0.717) is 5.92 Å². The third kappa shape index (κ3) is 1.95. The molecule has 0 saturated carbocycles. The zero-order chi connectivity index (χ0) is 10.7.